The van der Waals surface area contributed by atoms with Crippen LogP contribution >= 0.6 is 0 Å². The number of nitrogens with zero attached hydrogens (tertiary/aromatic N) is 4. The molecule has 2 fully saturated rings. The summed E-state index contributed by atoms with van der Waals surface area (Å²) in [6.07, 6.45) is 3.74. The Hall–Kier alpha value is -2.09. The second kappa shape index (κ2) is 5.96. The van der Waals surface area contributed by atoms with Gasteiger partial charge in [0.05, 0.1) is 5.56 Å². The number of carbonyl (C=O) groups is 1. The number of amides is 1. The number of hydrogen-bond donors (Lipinski definition) is 0. The van der Waals surface area contributed by atoms with Crippen molar-refractivity contribution in [3.8, 4) is 6.07 Å². The van der Waals surface area contributed by atoms with Crippen LogP contribution in [0.3, 0.4) is 0 Å². The lowest BCUT2D eigenvalue weighted by atomic mass is 10.0. The quantitative estimate of drug-likeness (QED) is 0.839. The minimum Gasteiger partial charge on any atom is -0.353 e. The highest BCUT2D eigenvalue weighted by Gasteiger charge is 2.32. The van der Waals surface area contributed by atoms with E-state index in [0.29, 0.717) is 12.0 Å². The fourth-order valence-electron chi connectivity index (χ4n) is 3.64. The fraction of sp³-hybridized carbons (Fsp3) is 0.588. The first-order chi connectivity index (χ1) is 10.6. The predicted molar refractivity (Wildman–Crippen MR) is 84.6 cm³/mol. The highest BCUT2D eigenvalue weighted by Crippen LogP contribution is 2.28. The molecule has 0 aromatic carbocycles. The lowest BCUT2D eigenvalue weighted by Crippen LogP contribution is -2.49. The van der Waals surface area contributed by atoms with Gasteiger partial charge in [0.1, 0.15) is 11.9 Å². The number of hydrogen-bond acceptors (Lipinski definition) is 4. The van der Waals surface area contributed by atoms with E-state index in [1.165, 1.54) is 0 Å². The van der Waals surface area contributed by atoms with Crippen LogP contribution in [0.1, 0.15) is 42.5 Å². The van der Waals surface area contributed by atoms with E-state index in [2.05, 4.69) is 16.0 Å². The van der Waals surface area contributed by atoms with Gasteiger partial charge in [-0.25, -0.2) is 4.98 Å². The smallest absolute Gasteiger partial charge is 0.222 e. The minimum atomic E-state index is 0.262. The molecule has 22 heavy (non-hydrogen) atoms. The Morgan fingerprint density at radius 3 is 2.82 bits per heavy atom. The lowest BCUT2D eigenvalue weighted by Gasteiger charge is -2.38. The summed E-state index contributed by atoms with van der Waals surface area (Å²) >= 11 is 0. The molecule has 2 aliphatic rings. The van der Waals surface area contributed by atoms with Gasteiger partial charge < -0.3 is 9.80 Å². The Labute approximate surface area is 131 Å². The second-order valence-corrected chi connectivity index (χ2v) is 6.32. The highest BCUT2D eigenvalue weighted by atomic mass is 16.2. The molecule has 5 heteroatoms. The molecule has 1 aromatic heterocycles. The van der Waals surface area contributed by atoms with Crippen molar-refractivity contribution in [1.82, 2.24) is 9.88 Å². The molecule has 1 amide bonds. The summed E-state index contributed by atoms with van der Waals surface area (Å²) in [7, 11) is 0. The fourth-order valence-corrected chi connectivity index (χ4v) is 3.64. The standard InChI is InChI=1S/C17H22N4O/c1-12-9-13(2)19-17(15(12)10-18)20-7-3-5-14(11-20)21-8-4-6-16(21)22/h9,14H,3-8,11H2,1-2H3/t14-/m0/s1. The van der Waals surface area contributed by atoms with Crippen LogP contribution in [0.2, 0.25) is 0 Å². The zero-order valence-corrected chi connectivity index (χ0v) is 13.3. The van der Waals surface area contributed by atoms with Crippen LogP contribution in [0.25, 0.3) is 0 Å². The largest absolute Gasteiger partial charge is 0.353 e. The number of carbonyl (C=O) groups excluding carboxylic acids is 1. The van der Waals surface area contributed by atoms with Gasteiger partial charge in [0.2, 0.25) is 5.91 Å². The molecule has 0 N–H and O–H groups in total. The van der Waals surface area contributed by atoms with Crippen LogP contribution in [-0.4, -0.2) is 41.5 Å². The average molecular weight is 298 g/mol. The molecule has 1 atom stereocenters. The third-order valence-electron chi connectivity index (χ3n) is 4.68. The summed E-state index contributed by atoms with van der Waals surface area (Å²) < 4.78 is 0. The van der Waals surface area contributed by atoms with Gasteiger partial charge in [0.15, 0.2) is 0 Å². The number of aromatic nitrogens is 1. The molecule has 1 aromatic rings. The van der Waals surface area contributed by atoms with Crippen molar-refractivity contribution >= 4 is 11.7 Å². The number of rotatable bonds is 2. The summed E-state index contributed by atoms with van der Waals surface area (Å²) in [5, 5.41) is 9.46. The predicted octanol–water partition coefficient (Wildman–Crippen LogP) is 2.16. The van der Waals surface area contributed by atoms with Gasteiger partial charge in [0.25, 0.3) is 0 Å². The van der Waals surface area contributed by atoms with Crippen molar-refractivity contribution in [2.45, 2.75) is 45.6 Å². The topological polar surface area (TPSA) is 60.2 Å². The Morgan fingerprint density at radius 1 is 1.32 bits per heavy atom. The van der Waals surface area contributed by atoms with Gasteiger partial charge in [-0.05, 0) is 44.7 Å². The number of pyridine rings is 1. The first-order valence-electron chi connectivity index (χ1n) is 8.03. The number of piperidine rings is 1. The molecule has 0 spiro atoms. The van der Waals surface area contributed by atoms with Gasteiger partial charge in [-0.3, -0.25) is 4.79 Å². The molecule has 0 bridgehead atoms. The van der Waals surface area contributed by atoms with E-state index in [9.17, 15) is 10.1 Å². The molecule has 3 heterocycles. The second-order valence-electron chi connectivity index (χ2n) is 6.32. The molecule has 116 valence electrons. The molecular weight excluding hydrogens is 276 g/mol. The van der Waals surface area contributed by atoms with Gasteiger partial charge >= 0.3 is 0 Å². The lowest BCUT2D eigenvalue weighted by molar-refractivity contribution is -0.129. The summed E-state index contributed by atoms with van der Waals surface area (Å²) in [5.74, 6) is 1.07. The summed E-state index contributed by atoms with van der Waals surface area (Å²) in [6, 6.07) is 4.51. The zero-order valence-electron chi connectivity index (χ0n) is 13.3. The molecule has 0 saturated carbocycles. The molecule has 0 radical (unpaired) electrons. The van der Waals surface area contributed by atoms with E-state index >= 15 is 0 Å². The molecule has 3 rings (SSSR count). The Bertz CT molecular complexity index is 634. The minimum absolute atomic E-state index is 0.262. The van der Waals surface area contributed by atoms with Crippen LogP contribution in [-0.2, 0) is 4.79 Å². The van der Waals surface area contributed by atoms with E-state index in [1.807, 2.05) is 24.8 Å². The number of anilines is 1. The van der Waals surface area contributed by atoms with E-state index in [4.69, 9.17) is 0 Å². The third kappa shape index (κ3) is 2.66. The Balaban J connectivity index is 1.86. The molecule has 0 aliphatic carbocycles. The summed E-state index contributed by atoms with van der Waals surface area (Å²) in [4.78, 5) is 20.8. The first-order valence-corrected chi connectivity index (χ1v) is 8.03. The summed E-state index contributed by atoms with van der Waals surface area (Å²) in [5.41, 5.74) is 2.58. The van der Waals surface area contributed by atoms with Crippen molar-refractivity contribution in [1.29, 1.82) is 5.26 Å². The van der Waals surface area contributed by atoms with Crippen molar-refractivity contribution in [2.75, 3.05) is 24.5 Å². The van der Waals surface area contributed by atoms with Crippen molar-refractivity contribution < 1.29 is 4.79 Å². The maximum atomic E-state index is 12.0. The maximum absolute atomic E-state index is 12.0. The van der Waals surface area contributed by atoms with E-state index in [-0.39, 0.29) is 11.9 Å². The Kier molecular flexibility index (Phi) is 4.02. The van der Waals surface area contributed by atoms with Crippen molar-refractivity contribution in [3.05, 3.63) is 22.9 Å². The number of nitriles is 1. The SMILES string of the molecule is Cc1cc(C)c(C#N)c(N2CCC[C@H](N3CCCC3=O)C2)n1. The molecule has 0 unspecified atom stereocenters. The average Bonchev–Trinajstić information content (AvgIpc) is 2.93. The third-order valence-corrected chi connectivity index (χ3v) is 4.68. The monoisotopic (exact) mass is 298 g/mol. The number of aryl methyl sites for hydroxylation is 2. The van der Waals surface area contributed by atoms with E-state index in [0.717, 1.165) is 56.0 Å². The normalized spacial score (nSPS) is 22.0. The number of likely N-dealkylation sites (tertiary alicyclic amines) is 1. The van der Waals surface area contributed by atoms with Crippen LogP contribution in [0.5, 0.6) is 0 Å². The first kappa shape index (κ1) is 14.8. The van der Waals surface area contributed by atoms with Gasteiger partial charge in [-0.15, -0.1) is 0 Å². The molecular formula is C17H22N4O. The van der Waals surface area contributed by atoms with Crippen LogP contribution in [0.15, 0.2) is 6.07 Å². The van der Waals surface area contributed by atoms with E-state index < -0.39 is 0 Å². The van der Waals surface area contributed by atoms with E-state index in [1.54, 1.807) is 0 Å². The molecule has 2 saturated heterocycles. The van der Waals surface area contributed by atoms with Crippen LogP contribution in [0, 0.1) is 25.2 Å². The molecule has 2 aliphatic heterocycles. The van der Waals surface area contributed by atoms with Gasteiger partial charge in [-0.1, -0.05) is 0 Å². The van der Waals surface area contributed by atoms with Crippen LogP contribution in [0.4, 0.5) is 5.82 Å². The maximum Gasteiger partial charge on any atom is 0.222 e. The van der Waals surface area contributed by atoms with Crippen molar-refractivity contribution in [2.24, 2.45) is 0 Å². The Morgan fingerprint density at radius 2 is 2.14 bits per heavy atom. The van der Waals surface area contributed by atoms with Crippen molar-refractivity contribution in [3.63, 3.8) is 0 Å². The summed E-state index contributed by atoms with van der Waals surface area (Å²) in [6.45, 7) is 6.49. The zero-order chi connectivity index (χ0) is 15.7. The van der Waals surface area contributed by atoms with Crippen LogP contribution < -0.4 is 4.90 Å². The molecule has 5 nitrogen and oxygen atoms in total. The highest BCUT2D eigenvalue weighted by molar-refractivity contribution is 5.78. The van der Waals surface area contributed by atoms with Gasteiger partial charge in [-0.2, -0.15) is 5.26 Å². The van der Waals surface area contributed by atoms with Gasteiger partial charge in [0, 0.05) is 37.8 Å².